The van der Waals surface area contributed by atoms with Crippen molar-refractivity contribution < 1.29 is 9.53 Å². The van der Waals surface area contributed by atoms with E-state index in [1.807, 2.05) is 37.8 Å². The van der Waals surface area contributed by atoms with Crippen LogP contribution in [0.25, 0.3) is 4.85 Å². The average Bonchev–Trinajstić information content (AvgIpc) is 2.90. The molecule has 0 N–H and O–H groups in total. The summed E-state index contributed by atoms with van der Waals surface area (Å²) in [6.07, 6.45) is 2.88. The maximum atomic E-state index is 12.3. The van der Waals surface area contributed by atoms with Crippen LogP contribution >= 0.6 is 11.6 Å². The summed E-state index contributed by atoms with van der Waals surface area (Å²) in [5, 5.41) is 0.510. The van der Waals surface area contributed by atoms with Gasteiger partial charge in [0.2, 0.25) is 5.69 Å². The van der Waals surface area contributed by atoms with E-state index in [4.69, 9.17) is 22.9 Å². The first kappa shape index (κ1) is 19.8. The smallest absolute Gasteiger partial charge is 0.410 e. The highest BCUT2D eigenvalue weighted by Crippen LogP contribution is 2.45. The molecule has 1 aromatic rings. The topological polar surface area (TPSA) is 37.1 Å². The van der Waals surface area contributed by atoms with Crippen molar-refractivity contribution in [2.24, 2.45) is 5.41 Å². The van der Waals surface area contributed by atoms with Crippen molar-refractivity contribution in [3.63, 3.8) is 0 Å². The number of rotatable bonds is 1. The Morgan fingerprint density at radius 3 is 2.56 bits per heavy atom. The molecule has 0 bridgehead atoms. The van der Waals surface area contributed by atoms with Crippen LogP contribution in [0.15, 0.2) is 18.2 Å². The van der Waals surface area contributed by atoms with Gasteiger partial charge in [-0.3, -0.25) is 0 Å². The van der Waals surface area contributed by atoms with E-state index < -0.39 is 5.60 Å². The number of benzene rings is 1. The lowest BCUT2D eigenvalue weighted by molar-refractivity contribution is 0.0120. The Hall–Kier alpha value is -1.93. The lowest BCUT2D eigenvalue weighted by atomic mass is 9.77. The van der Waals surface area contributed by atoms with Gasteiger partial charge in [0.05, 0.1) is 6.57 Å². The van der Waals surface area contributed by atoms with Gasteiger partial charge in [-0.05, 0) is 64.5 Å². The van der Waals surface area contributed by atoms with E-state index in [1.165, 1.54) is 0 Å². The number of carbonyl (C=O) groups is 1. The summed E-state index contributed by atoms with van der Waals surface area (Å²) in [6, 6.07) is 6.10. The van der Waals surface area contributed by atoms with Crippen LogP contribution in [0.4, 0.5) is 16.2 Å². The Morgan fingerprint density at radius 2 is 2.00 bits per heavy atom. The van der Waals surface area contributed by atoms with E-state index in [2.05, 4.69) is 16.7 Å². The molecule has 0 aromatic heterocycles. The van der Waals surface area contributed by atoms with Crippen molar-refractivity contribution in [2.75, 3.05) is 24.5 Å². The van der Waals surface area contributed by atoms with Gasteiger partial charge < -0.3 is 14.5 Å². The molecule has 3 rings (SSSR count). The number of ether oxygens (including phenoxy) is 1. The molecule has 1 spiro atoms. The number of likely N-dealkylation sites (tertiary alicyclic amines) is 1. The third kappa shape index (κ3) is 4.32. The van der Waals surface area contributed by atoms with Crippen LogP contribution in [0, 0.1) is 12.0 Å². The van der Waals surface area contributed by atoms with Crippen LogP contribution in [-0.4, -0.2) is 42.3 Å². The van der Waals surface area contributed by atoms with Crippen LogP contribution < -0.4 is 4.90 Å². The van der Waals surface area contributed by atoms with Crippen molar-refractivity contribution in [2.45, 2.75) is 58.6 Å². The molecule has 1 aromatic carbocycles. The van der Waals surface area contributed by atoms with E-state index in [1.54, 1.807) is 6.07 Å². The van der Waals surface area contributed by atoms with Gasteiger partial charge in [-0.2, -0.15) is 0 Å². The first-order valence-electron chi connectivity index (χ1n) is 9.54. The number of hydrogen-bond acceptors (Lipinski definition) is 3. The molecule has 2 saturated heterocycles. The molecular formula is C21H28ClN3O2. The summed E-state index contributed by atoms with van der Waals surface area (Å²) in [5.41, 5.74) is 1.34. The third-order valence-corrected chi connectivity index (χ3v) is 5.93. The number of hydrogen-bond donors (Lipinski definition) is 0. The standard InChI is InChI=1S/C21H28ClN3O2/c1-15-13-21(8-10-24(11-9-21)19(26)27-20(2,3)4)14-25(15)16-6-7-18(23-5)17(22)12-16/h6-7,12,15H,8-11,13-14H2,1-4H3. The van der Waals surface area contributed by atoms with Gasteiger partial charge >= 0.3 is 6.09 Å². The molecule has 1 amide bonds. The predicted molar refractivity (Wildman–Crippen MR) is 109 cm³/mol. The number of amides is 1. The molecule has 146 valence electrons. The maximum Gasteiger partial charge on any atom is 0.410 e. The van der Waals surface area contributed by atoms with Gasteiger partial charge in [0.25, 0.3) is 0 Å². The summed E-state index contributed by atoms with van der Waals surface area (Å²) in [5.74, 6) is 0. The van der Waals surface area contributed by atoms with Crippen molar-refractivity contribution in [3.05, 3.63) is 34.6 Å². The molecule has 6 heteroatoms. The molecule has 1 atom stereocenters. The van der Waals surface area contributed by atoms with E-state index in [0.717, 1.165) is 44.6 Å². The number of nitrogens with zero attached hydrogens (tertiary/aromatic N) is 3. The highest BCUT2D eigenvalue weighted by Gasteiger charge is 2.45. The number of carbonyl (C=O) groups excluding carboxylic acids is 1. The third-order valence-electron chi connectivity index (χ3n) is 5.63. The van der Waals surface area contributed by atoms with Gasteiger partial charge in [0, 0.05) is 36.4 Å². The Morgan fingerprint density at radius 1 is 1.33 bits per heavy atom. The van der Waals surface area contributed by atoms with Gasteiger partial charge in [-0.25, -0.2) is 9.64 Å². The van der Waals surface area contributed by atoms with Crippen LogP contribution in [0.1, 0.15) is 47.0 Å². The Labute approximate surface area is 167 Å². The second kappa shape index (κ2) is 7.24. The first-order valence-corrected chi connectivity index (χ1v) is 9.92. The summed E-state index contributed by atoms with van der Waals surface area (Å²) >= 11 is 6.24. The lowest BCUT2D eigenvalue weighted by Gasteiger charge is -2.39. The van der Waals surface area contributed by atoms with Gasteiger partial charge in [0.1, 0.15) is 5.60 Å². The molecule has 2 aliphatic rings. The lowest BCUT2D eigenvalue weighted by Crippen LogP contribution is -2.46. The van der Waals surface area contributed by atoms with Gasteiger partial charge in [-0.15, -0.1) is 0 Å². The molecule has 5 nitrogen and oxygen atoms in total. The largest absolute Gasteiger partial charge is 0.444 e. The zero-order valence-corrected chi connectivity index (χ0v) is 17.3. The molecule has 2 heterocycles. The fourth-order valence-corrected chi connectivity index (χ4v) is 4.50. The Kier molecular flexibility index (Phi) is 5.31. The molecule has 27 heavy (non-hydrogen) atoms. The van der Waals surface area contributed by atoms with Gasteiger partial charge in [-0.1, -0.05) is 17.7 Å². The summed E-state index contributed by atoms with van der Waals surface area (Å²) in [6.45, 7) is 17.5. The van der Waals surface area contributed by atoms with Crippen LogP contribution in [0.5, 0.6) is 0 Å². The fraction of sp³-hybridized carbons (Fsp3) is 0.619. The van der Waals surface area contributed by atoms with E-state index in [0.29, 0.717) is 16.8 Å². The zero-order chi connectivity index (χ0) is 19.8. The molecule has 2 fully saturated rings. The quantitative estimate of drug-likeness (QED) is 0.594. The predicted octanol–water partition coefficient (Wildman–Crippen LogP) is 5.51. The number of halogens is 1. The fourth-order valence-electron chi connectivity index (χ4n) is 4.28. The zero-order valence-electron chi connectivity index (χ0n) is 16.6. The molecule has 0 aliphatic carbocycles. The molecule has 1 unspecified atom stereocenters. The number of anilines is 1. The minimum absolute atomic E-state index is 0.207. The Bertz CT molecular complexity index is 758. The van der Waals surface area contributed by atoms with Crippen molar-refractivity contribution >= 4 is 29.1 Å². The summed E-state index contributed by atoms with van der Waals surface area (Å²) < 4.78 is 5.51. The summed E-state index contributed by atoms with van der Waals surface area (Å²) in [7, 11) is 0. The van der Waals surface area contributed by atoms with E-state index >= 15 is 0 Å². The molecule has 0 radical (unpaired) electrons. The van der Waals surface area contributed by atoms with E-state index in [9.17, 15) is 4.79 Å². The monoisotopic (exact) mass is 389 g/mol. The van der Waals surface area contributed by atoms with E-state index in [-0.39, 0.29) is 11.5 Å². The van der Waals surface area contributed by atoms with Crippen LogP contribution in [0.2, 0.25) is 5.02 Å². The van der Waals surface area contributed by atoms with Crippen LogP contribution in [-0.2, 0) is 4.74 Å². The highest BCUT2D eigenvalue weighted by atomic mass is 35.5. The Balaban J connectivity index is 1.66. The second-order valence-corrected chi connectivity index (χ2v) is 9.30. The minimum Gasteiger partial charge on any atom is -0.444 e. The molecular weight excluding hydrogens is 362 g/mol. The first-order chi connectivity index (χ1) is 12.6. The van der Waals surface area contributed by atoms with Crippen LogP contribution in [0.3, 0.4) is 0 Å². The SMILES string of the molecule is [C-]#[N+]c1ccc(N2CC3(CCN(C(=O)OC(C)(C)C)CC3)CC2C)cc1Cl. The van der Waals surface area contributed by atoms with Gasteiger partial charge in [0.15, 0.2) is 0 Å². The van der Waals surface area contributed by atoms with Crippen molar-refractivity contribution in [1.82, 2.24) is 4.90 Å². The molecule has 2 aliphatic heterocycles. The minimum atomic E-state index is -0.457. The highest BCUT2D eigenvalue weighted by molar-refractivity contribution is 6.33. The number of piperidine rings is 1. The average molecular weight is 390 g/mol. The normalized spacial score (nSPS) is 22.0. The second-order valence-electron chi connectivity index (χ2n) is 8.90. The molecule has 0 saturated carbocycles. The van der Waals surface area contributed by atoms with Crippen molar-refractivity contribution in [1.29, 1.82) is 0 Å². The summed E-state index contributed by atoms with van der Waals surface area (Å²) in [4.78, 5) is 20.0. The maximum absolute atomic E-state index is 12.3. The van der Waals surface area contributed by atoms with Crippen molar-refractivity contribution in [3.8, 4) is 0 Å².